The average Bonchev–Trinajstić information content (AvgIpc) is 3.27. The lowest BCUT2D eigenvalue weighted by Gasteiger charge is -2.31. The second kappa shape index (κ2) is 8.91. The highest BCUT2D eigenvalue weighted by atomic mass is 32.2. The zero-order valence-electron chi connectivity index (χ0n) is 16.1. The van der Waals surface area contributed by atoms with Crippen LogP contribution >= 0.6 is 0 Å². The van der Waals surface area contributed by atoms with Crippen LogP contribution in [0.4, 0.5) is 0 Å². The number of nitrogens with one attached hydrogen (secondary N) is 1. The van der Waals surface area contributed by atoms with Gasteiger partial charge in [0.25, 0.3) is 0 Å². The molecule has 154 valence electrons. The second-order valence-electron chi connectivity index (χ2n) is 7.18. The van der Waals surface area contributed by atoms with Gasteiger partial charge in [0.15, 0.2) is 0 Å². The minimum Gasteiger partial charge on any atom is -0.497 e. The number of piperidine rings is 1. The van der Waals surface area contributed by atoms with Crippen molar-refractivity contribution in [1.29, 1.82) is 0 Å². The van der Waals surface area contributed by atoms with Crippen molar-refractivity contribution < 1.29 is 22.7 Å². The molecule has 3 rings (SSSR count). The number of hydrogen-bond donors (Lipinski definition) is 1. The summed E-state index contributed by atoms with van der Waals surface area (Å²) in [6, 6.07) is 6.22. The standard InChI is InChI=1S/C19H27N3O5S/c1-27-16-6-8-17(9-7-16)28(25,26)22-12-4-5-15(14-22)19(24)20-13-18(23)21-10-2-3-11-21/h6-9,15H,2-5,10-14H2,1H3,(H,20,24)/t15-/m0/s1. The Labute approximate surface area is 165 Å². The van der Waals surface area contributed by atoms with Crippen molar-refractivity contribution in [2.24, 2.45) is 5.92 Å². The molecule has 2 aliphatic rings. The maximum atomic E-state index is 12.9. The molecule has 1 atom stereocenters. The van der Waals surface area contributed by atoms with Gasteiger partial charge in [0.05, 0.1) is 24.5 Å². The smallest absolute Gasteiger partial charge is 0.243 e. The third-order valence-corrected chi connectivity index (χ3v) is 7.20. The van der Waals surface area contributed by atoms with Gasteiger partial charge < -0.3 is 15.0 Å². The van der Waals surface area contributed by atoms with Crippen LogP contribution in [0.3, 0.4) is 0 Å². The summed E-state index contributed by atoms with van der Waals surface area (Å²) >= 11 is 0. The minimum absolute atomic E-state index is 0.0272. The zero-order chi connectivity index (χ0) is 20.1. The molecule has 0 saturated carbocycles. The van der Waals surface area contributed by atoms with Crippen LogP contribution in [0.2, 0.25) is 0 Å². The summed E-state index contributed by atoms with van der Waals surface area (Å²) in [5.74, 6) is -0.211. The molecule has 0 aromatic heterocycles. The highest BCUT2D eigenvalue weighted by molar-refractivity contribution is 7.89. The summed E-state index contributed by atoms with van der Waals surface area (Å²) in [6.07, 6.45) is 3.22. The second-order valence-corrected chi connectivity index (χ2v) is 9.12. The first-order valence-electron chi connectivity index (χ1n) is 9.61. The molecule has 0 unspecified atom stereocenters. The monoisotopic (exact) mass is 409 g/mol. The fourth-order valence-electron chi connectivity index (χ4n) is 3.66. The van der Waals surface area contributed by atoms with Gasteiger partial charge in [-0.1, -0.05) is 0 Å². The number of methoxy groups -OCH3 is 1. The Morgan fingerprint density at radius 2 is 1.79 bits per heavy atom. The van der Waals surface area contributed by atoms with Gasteiger partial charge in [0.1, 0.15) is 5.75 Å². The highest BCUT2D eigenvalue weighted by Crippen LogP contribution is 2.25. The van der Waals surface area contributed by atoms with E-state index in [1.54, 1.807) is 17.0 Å². The molecule has 0 radical (unpaired) electrons. The molecule has 2 heterocycles. The number of ether oxygens (including phenoxy) is 1. The lowest BCUT2D eigenvalue weighted by Crippen LogP contribution is -2.47. The Balaban J connectivity index is 1.59. The molecule has 8 nitrogen and oxygen atoms in total. The van der Waals surface area contributed by atoms with E-state index >= 15 is 0 Å². The van der Waals surface area contributed by atoms with Crippen molar-refractivity contribution in [2.45, 2.75) is 30.6 Å². The lowest BCUT2D eigenvalue weighted by atomic mass is 9.99. The van der Waals surface area contributed by atoms with E-state index in [1.165, 1.54) is 23.5 Å². The number of sulfonamides is 1. The van der Waals surface area contributed by atoms with Crippen LogP contribution in [0.25, 0.3) is 0 Å². The first kappa shape index (κ1) is 20.6. The average molecular weight is 410 g/mol. The third-order valence-electron chi connectivity index (χ3n) is 5.32. The molecule has 28 heavy (non-hydrogen) atoms. The van der Waals surface area contributed by atoms with Crippen LogP contribution < -0.4 is 10.1 Å². The third kappa shape index (κ3) is 4.64. The summed E-state index contributed by atoms with van der Waals surface area (Å²) in [5, 5.41) is 2.69. The molecule has 2 amide bonds. The van der Waals surface area contributed by atoms with E-state index in [9.17, 15) is 18.0 Å². The minimum atomic E-state index is -3.68. The first-order chi connectivity index (χ1) is 13.4. The van der Waals surface area contributed by atoms with Crippen molar-refractivity contribution in [2.75, 3.05) is 39.8 Å². The van der Waals surface area contributed by atoms with Crippen LogP contribution in [0.1, 0.15) is 25.7 Å². The van der Waals surface area contributed by atoms with Gasteiger partial charge in [-0.15, -0.1) is 0 Å². The number of rotatable bonds is 6. The summed E-state index contributed by atoms with van der Waals surface area (Å²) in [5.41, 5.74) is 0. The summed E-state index contributed by atoms with van der Waals surface area (Å²) in [4.78, 5) is 26.5. The summed E-state index contributed by atoms with van der Waals surface area (Å²) in [7, 11) is -2.16. The molecule has 2 fully saturated rings. The molecule has 2 saturated heterocycles. The van der Waals surface area contributed by atoms with E-state index in [4.69, 9.17) is 4.74 Å². The Morgan fingerprint density at radius 3 is 2.43 bits per heavy atom. The van der Waals surface area contributed by atoms with E-state index in [0.717, 1.165) is 25.9 Å². The van der Waals surface area contributed by atoms with Gasteiger partial charge >= 0.3 is 0 Å². The van der Waals surface area contributed by atoms with Gasteiger partial charge in [-0.2, -0.15) is 4.31 Å². The molecule has 1 N–H and O–H groups in total. The van der Waals surface area contributed by atoms with Crippen molar-refractivity contribution in [3.05, 3.63) is 24.3 Å². The van der Waals surface area contributed by atoms with Crippen molar-refractivity contribution >= 4 is 21.8 Å². The summed E-state index contributed by atoms with van der Waals surface area (Å²) in [6.45, 7) is 1.96. The largest absolute Gasteiger partial charge is 0.497 e. The van der Waals surface area contributed by atoms with Crippen LogP contribution in [0.5, 0.6) is 5.75 Å². The predicted octanol–water partition coefficient (Wildman–Crippen LogP) is 0.835. The van der Waals surface area contributed by atoms with Gasteiger partial charge in [0, 0.05) is 26.2 Å². The molecule has 1 aromatic carbocycles. The number of carbonyl (C=O) groups is 2. The first-order valence-corrected chi connectivity index (χ1v) is 11.1. The van der Waals surface area contributed by atoms with E-state index in [1.807, 2.05) is 0 Å². The normalized spacial score (nSPS) is 20.8. The Hall–Kier alpha value is -2.13. The number of nitrogens with zero attached hydrogens (tertiary/aromatic N) is 2. The molecule has 9 heteroatoms. The quantitative estimate of drug-likeness (QED) is 0.751. The fraction of sp³-hybridized carbons (Fsp3) is 0.579. The van der Waals surface area contributed by atoms with Gasteiger partial charge in [0.2, 0.25) is 21.8 Å². The summed E-state index contributed by atoms with van der Waals surface area (Å²) < 4.78 is 32.2. The van der Waals surface area contributed by atoms with E-state index in [2.05, 4.69) is 5.32 Å². The molecule has 2 aliphatic heterocycles. The SMILES string of the molecule is COc1ccc(S(=O)(=O)N2CCC[C@H](C(=O)NCC(=O)N3CCCC3)C2)cc1. The number of benzene rings is 1. The predicted molar refractivity (Wildman–Crippen MR) is 103 cm³/mol. The van der Waals surface area contributed by atoms with E-state index in [0.29, 0.717) is 25.1 Å². The number of likely N-dealkylation sites (tertiary alicyclic amines) is 1. The van der Waals surface area contributed by atoms with Crippen molar-refractivity contribution in [3.63, 3.8) is 0 Å². The lowest BCUT2D eigenvalue weighted by molar-refractivity contribution is -0.133. The molecule has 0 spiro atoms. The van der Waals surface area contributed by atoms with Crippen LogP contribution in [0, 0.1) is 5.92 Å². The van der Waals surface area contributed by atoms with Crippen molar-refractivity contribution in [3.8, 4) is 5.75 Å². The molecular weight excluding hydrogens is 382 g/mol. The van der Waals surface area contributed by atoms with E-state index in [-0.39, 0.29) is 29.8 Å². The van der Waals surface area contributed by atoms with Crippen LogP contribution in [-0.2, 0) is 19.6 Å². The highest BCUT2D eigenvalue weighted by Gasteiger charge is 2.33. The van der Waals surface area contributed by atoms with Gasteiger partial charge in [-0.3, -0.25) is 9.59 Å². The Kier molecular flexibility index (Phi) is 6.56. The maximum Gasteiger partial charge on any atom is 0.243 e. The van der Waals surface area contributed by atoms with Gasteiger partial charge in [-0.05, 0) is 49.9 Å². The van der Waals surface area contributed by atoms with Crippen LogP contribution in [-0.4, -0.2) is 69.3 Å². The topological polar surface area (TPSA) is 96.0 Å². The van der Waals surface area contributed by atoms with Crippen molar-refractivity contribution in [1.82, 2.24) is 14.5 Å². The zero-order valence-corrected chi connectivity index (χ0v) is 16.9. The number of hydrogen-bond acceptors (Lipinski definition) is 5. The fourth-order valence-corrected chi connectivity index (χ4v) is 5.18. The molecule has 0 bridgehead atoms. The molecular formula is C19H27N3O5S. The molecule has 1 aromatic rings. The number of carbonyl (C=O) groups excluding carboxylic acids is 2. The maximum absolute atomic E-state index is 12.9. The Morgan fingerprint density at radius 1 is 1.11 bits per heavy atom. The molecule has 0 aliphatic carbocycles. The van der Waals surface area contributed by atoms with Gasteiger partial charge in [-0.25, -0.2) is 8.42 Å². The number of amides is 2. The van der Waals surface area contributed by atoms with E-state index < -0.39 is 15.9 Å². The van der Waals surface area contributed by atoms with Crippen LogP contribution in [0.15, 0.2) is 29.2 Å². The Bertz CT molecular complexity index is 803.